The van der Waals surface area contributed by atoms with E-state index in [9.17, 15) is 0 Å². The van der Waals surface area contributed by atoms with Gasteiger partial charge in [-0.1, -0.05) is 30.3 Å². The zero-order valence-corrected chi connectivity index (χ0v) is 10.9. The van der Waals surface area contributed by atoms with Crippen LogP contribution in [0, 0.1) is 6.92 Å². The molecule has 2 heterocycles. The van der Waals surface area contributed by atoms with Crippen molar-refractivity contribution in [2.24, 2.45) is 0 Å². The van der Waals surface area contributed by atoms with Crippen LogP contribution < -0.4 is 5.32 Å². The minimum Gasteiger partial charge on any atom is -0.353 e. The molecule has 1 N–H and O–H groups in total. The zero-order valence-electron chi connectivity index (χ0n) is 10.9. The van der Waals surface area contributed by atoms with E-state index < -0.39 is 0 Å². The number of anilines is 1. The Kier molecular flexibility index (Phi) is 3.14. The highest BCUT2D eigenvalue weighted by Crippen LogP contribution is 2.07. The third-order valence-electron chi connectivity index (χ3n) is 3.03. The van der Waals surface area contributed by atoms with Gasteiger partial charge in [0.1, 0.15) is 0 Å². The van der Waals surface area contributed by atoms with Crippen LogP contribution in [-0.2, 0) is 6.42 Å². The number of benzene rings is 1. The van der Waals surface area contributed by atoms with Crippen molar-refractivity contribution < 1.29 is 0 Å². The van der Waals surface area contributed by atoms with E-state index in [1.165, 1.54) is 11.1 Å². The van der Waals surface area contributed by atoms with Crippen LogP contribution in [0.4, 0.5) is 5.95 Å². The minimum absolute atomic E-state index is 0.682. The number of hydrogen-bond acceptors (Lipinski definition) is 3. The summed E-state index contributed by atoms with van der Waals surface area (Å²) in [5.41, 5.74) is 3.38. The normalized spacial score (nSPS) is 10.8. The molecular formula is C15H16N4. The van der Waals surface area contributed by atoms with Gasteiger partial charge in [-0.25, -0.2) is 4.52 Å². The second kappa shape index (κ2) is 5.10. The first kappa shape index (κ1) is 11.7. The summed E-state index contributed by atoms with van der Waals surface area (Å²) in [6.45, 7) is 2.89. The summed E-state index contributed by atoms with van der Waals surface area (Å²) in [4.78, 5) is 4.45. The lowest BCUT2D eigenvalue weighted by Crippen LogP contribution is -2.06. The summed E-state index contributed by atoms with van der Waals surface area (Å²) in [7, 11) is 0. The molecule has 4 heteroatoms. The van der Waals surface area contributed by atoms with Gasteiger partial charge in [-0.2, -0.15) is 4.98 Å². The number of nitrogens with zero attached hydrogens (tertiary/aromatic N) is 3. The van der Waals surface area contributed by atoms with E-state index in [2.05, 4.69) is 46.6 Å². The van der Waals surface area contributed by atoms with Crippen LogP contribution in [0.2, 0.25) is 0 Å². The van der Waals surface area contributed by atoms with Gasteiger partial charge in [0.2, 0.25) is 5.95 Å². The summed E-state index contributed by atoms with van der Waals surface area (Å²) in [5, 5.41) is 7.64. The van der Waals surface area contributed by atoms with Gasteiger partial charge < -0.3 is 5.32 Å². The molecule has 0 amide bonds. The van der Waals surface area contributed by atoms with Crippen molar-refractivity contribution in [3.05, 3.63) is 59.8 Å². The third kappa shape index (κ3) is 2.73. The average molecular weight is 252 g/mol. The molecule has 0 aliphatic heterocycles. The number of aromatic nitrogens is 3. The largest absolute Gasteiger partial charge is 0.353 e. The Balaban J connectivity index is 1.65. The minimum atomic E-state index is 0.682. The van der Waals surface area contributed by atoms with Crippen LogP contribution in [0.15, 0.2) is 48.7 Å². The Hall–Kier alpha value is -2.36. The zero-order chi connectivity index (χ0) is 13.1. The Morgan fingerprint density at radius 3 is 2.84 bits per heavy atom. The van der Waals surface area contributed by atoms with Crippen molar-refractivity contribution >= 4 is 11.6 Å². The van der Waals surface area contributed by atoms with Gasteiger partial charge in [0, 0.05) is 12.7 Å². The smallest absolute Gasteiger partial charge is 0.243 e. The molecule has 0 radical (unpaired) electrons. The van der Waals surface area contributed by atoms with Crippen LogP contribution in [0.25, 0.3) is 5.65 Å². The van der Waals surface area contributed by atoms with Gasteiger partial charge in [-0.15, -0.1) is 5.10 Å². The first-order valence-corrected chi connectivity index (χ1v) is 6.42. The second-order valence-corrected chi connectivity index (χ2v) is 4.60. The van der Waals surface area contributed by atoms with Crippen molar-refractivity contribution in [3.8, 4) is 0 Å². The van der Waals surface area contributed by atoms with E-state index in [0.29, 0.717) is 5.95 Å². The van der Waals surface area contributed by atoms with Crippen LogP contribution >= 0.6 is 0 Å². The molecule has 0 aliphatic rings. The van der Waals surface area contributed by atoms with Gasteiger partial charge in [-0.05, 0) is 36.6 Å². The summed E-state index contributed by atoms with van der Waals surface area (Å²) in [6.07, 6.45) is 2.90. The van der Waals surface area contributed by atoms with E-state index >= 15 is 0 Å². The Bertz CT molecular complexity index is 673. The summed E-state index contributed by atoms with van der Waals surface area (Å²) in [5.74, 6) is 0.682. The topological polar surface area (TPSA) is 42.2 Å². The molecule has 0 atom stereocenters. The molecule has 4 nitrogen and oxygen atoms in total. The number of nitrogens with one attached hydrogen (secondary N) is 1. The predicted octanol–water partition coefficient (Wildman–Crippen LogP) is 2.69. The van der Waals surface area contributed by atoms with Crippen molar-refractivity contribution in [1.29, 1.82) is 0 Å². The quantitative estimate of drug-likeness (QED) is 0.776. The van der Waals surface area contributed by atoms with Crippen molar-refractivity contribution in [2.45, 2.75) is 13.3 Å². The molecule has 3 aromatic rings. The summed E-state index contributed by atoms with van der Waals surface area (Å²) in [6, 6.07) is 14.4. The molecule has 2 aromatic heterocycles. The molecule has 1 aromatic carbocycles. The fraction of sp³-hybridized carbons (Fsp3) is 0.200. The standard InChI is InChI=1S/C15H16N4/c1-12-8-10-19-14(11-12)17-15(18-19)16-9-7-13-5-3-2-4-6-13/h2-6,8,10-11H,7,9H2,1H3,(H,16,18). The first-order chi connectivity index (χ1) is 9.31. The first-order valence-electron chi connectivity index (χ1n) is 6.42. The molecule has 0 spiro atoms. The lowest BCUT2D eigenvalue weighted by Gasteiger charge is -2.01. The van der Waals surface area contributed by atoms with Crippen LogP contribution in [-0.4, -0.2) is 21.1 Å². The second-order valence-electron chi connectivity index (χ2n) is 4.60. The fourth-order valence-corrected chi connectivity index (χ4v) is 2.02. The summed E-state index contributed by atoms with van der Waals surface area (Å²) < 4.78 is 1.79. The van der Waals surface area contributed by atoms with Gasteiger partial charge in [0.15, 0.2) is 5.65 Å². The van der Waals surface area contributed by atoms with Crippen molar-refractivity contribution in [3.63, 3.8) is 0 Å². The predicted molar refractivity (Wildman–Crippen MR) is 76.4 cm³/mol. The third-order valence-corrected chi connectivity index (χ3v) is 3.03. The highest BCUT2D eigenvalue weighted by Gasteiger charge is 2.02. The Labute approximate surface area is 112 Å². The maximum atomic E-state index is 4.45. The van der Waals surface area contributed by atoms with E-state index in [1.54, 1.807) is 4.52 Å². The molecule has 0 fully saturated rings. The highest BCUT2D eigenvalue weighted by atomic mass is 15.3. The number of aryl methyl sites for hydroxylation is 1. The summed E-state index contributed by atoms with van der Waals surface area (Å²) >= 11 is 0. The molecule has 0 aliphatic carbocycles. The maximum absolute atomic E-state index is 4.45. The van der Waals surface area contributed by atoms with E-state index in [0.717, 1.165) is 18.6 Å². The molecule has 0 saturated carbocycles. The van der Waals surface area contributed by atoms with Gasteiger partial charge in [0.25, 0.3) is 0 Å². The van der Waals surface area contributed by atoms with Gasteiger partial charge in [0.05, 0.1) is 0 Å². The van der Waals surface area contributed by atoms with Crippen LogP contribution in [0.5, 0.6) is 0 Å². The van der Waals surface area contributed by atoms with E-state index in [4.69, 9.17) is 0 Å². The van der Waals surface area contributed by atoms with Crippen molar-refractivity contribution in [2.75, 3.05) is 11.9 Å². The van der Waals surface area contributed by atoms with Crippen LogP contribution in [0.1, 0.15) is 11.1 Å². The maximum Gasteiger partial charge on any atom is 0.243 e. The lowest BCUT2D eigenvalue weighted by molar-refractivity contribution is 0.935. The Morgan fingerprint density at radius 2 is 2.00 bits per heavy atom. The lowest BCUT2D eigenvalue weighted by atomic mass is 10.1. The number of fused-ring (bicyclic) bond motifs is 1. The fourth-order valence-electron chi connectivity index (χ4n) is 2.02. The molecule has 0 unspecified atom stereocenters. The van der Waals surface area contributed by atoms with Crippen molar-refractivity contribution in [1.82, 2.24) is 14.6 Å². The monoisotopic (exact) mass is 252 g/mol. The molecule has 19 heavy (non-hydrogen) atoms. The molecular weight excluding hydrogens is 236 g/mol. The van der Waals surface area contributed by atoms with Gasteiger partial charge >= 0.3 is 0 Å². The molecule has 96 valence electrons. The SMILES string of the molecule is Cc1ccn2nc(NCCc3ccccc3)nc2c1. The number of hydrogen-bond donors (Lipinski definition) is 1. The molecule has 0 saturated heterocycles. The van der Waals surface area contributed by atoms with Crippen LogP contribution in [0.3, 0.4) is 0 Å². The average Bonchev–Trinajstić information content (AvgIpc) is 2.82. The molecule has 3 rings (SSSR count). The van der Waals surface area contributed by atoms with E-state index in [1.807, 2.05) is 24.4 Å². The number of pyridine rings is 1. The van der Waals surface area contributed by atoms with E-state index in [-0.39, 0.29) is 0 Å². The highest BCUT2D eigenvalue weighted by molar-refractivity contribution is 5.45. The molecule has 0 bridgehead atoms. The van der Waals surface area contributed by atoms with Gasteiger partial charge in [-0.3, -0.25) is 0 Å². The Morgan fingerprint density at radius 1 is 1.16 bits per heavy atom. The number of rotatable bonds is 4.